The number of carbonyl (C=O) groups excluding carboxylic acids is 1. The molecule has 1 amide bonds. The number of ether oxygens (including phenoxy) is 1. The molecule has 0 saturated carbocycles. The van der Waals surface area contributed by atoms with Gasteiger partial charge in [-0.15, -0.1) is 0 Å². The molecular formula is C21H20N2O4. The lowest BCUT2D eigenvalue weighted by molar-refractivity contribution is 0.0973. The zero-order valence-electron chi connectivity index (χ0n) is 15.2. The molecule has 0 unspecified atom stereocenters. The number of aliphatic hydroxyl groups excluding tert-OH is 1. The average Bonchev–Trinajstić information content (AvgIpc) is 3.11. The molecule has 3 rings (SSSR count). The van der Waals surface area contributed by atoms with Gasteiger partial charge < -0.3 is 19.6 Å². The summed E-state index contributed by atoms with van der Waals surface area (Å²) in [6.45, 7) is 3.96. The van der Waals surface area contributed by atoms with E-state index in [-0.39, 0.29) is 19.0 Å². The van der Waals surface area contributed by atoms with Crippen LogP contribution in [0.2, 0.25) is 0 Å². The molecule has 0 atom stereocenters. The van der Waals surface area contributed by atoms with Gasteiger partial charge in [0.1, 0.15) is 17.4 Å². The summed E-state index contributed by atoms with van der Waals surface area (Å²) in [4.78, 5) is 12.4. The lowest BCUT2D eigenvalue weighted by Gasteiger charge is -2.22. The first-order valence-corrected chi connectivity index (χ1v) is 8.49. The fourth-order valence-corrected chi connectivity index (χ4v) is 2.43. The van der Waals surface area contributed by atoms with Crippen LogP contribution >= 0.6 is 0 Å². The fraction of sp³-hybridized carbons (Fsp3) is 0.238. The van der Waals surface area contributed by atoms with Crippen LogP contribution < -0.4 is 10.1 Å². The van der Waals surface area contributed by atoms with Crippen LogP contribution in [-0.2, 0) is 0 Å². The van der Waals surface area contributed by atoms with Crippen molar-refractivity contribution >= 4 is 22.6 Å². The van der Waals surface area contributed by atoms with E-state index in [4.69, 9.17) is 9.15 Å². The van der Waals surface area contributed by atoms with Gasteiger partial charge in [0.15, 0.2) is 5.76 Å². The van der Waals surface area contributed by atoms with Crippen LogP contribution in [-0.4, -0.2) is 24.2 Å². The summed E-state index contributed by atoms with van der Waals surface area (Å²) in [6.07, 6.45) is 0. The number of anilines is 1. The lowest BCUT2D eigenvalue weighted by Crippen LogP contribution is -2.25. The van der Waals surface area contributed by atoms with E-state index in [0.717, 1.165) is 5.39 Å². The van der Waals surface area contributed by atoms with Crippen LogP contribution in [0.3, 0.4) is 0 Å². The molecule has 27 heavy (non-hydrogen) atoms. The summed E-state index contributed by atoms with van der Waals surface area (Å²) in [7, 11) is 0. The predicted octanol–water partition coefficient (Wildman–Crippen LogP) is 3.95. The first-order chi connectivity index (χ1) is 12.9. The van der Waals surface area contributed by atoms with Gasteiger partial charge in [-0.1, -0.05) is 32.0 Å². The SMILES string of the molecule is CC(C)(CO)COc1ccc(NC(=O)c2cc3ccccc3o2)cc1C#N. The number of furan rings is 1. The fourth-order valence-electron chi connectivity index (χ4n) is 2.43. The second-order valence-electron chi connectivity index (χ2n) is 7.04. The van der Waals surface area contributed by atoms with Crippen molar-refractivity contribution in [3.63, 3.8) is 0 Å². The van der Waals surface area contributed by atoms with Crippen molar-refractivity contribution in [3.05, 3.63) is 59.9 Å². The molecule has 1 heterocycles. The number of nitriles is 1. The van der Waals surface area contributed by atoms with Gasteiger partial charge in [-0.25, -0.2) is 0 Å². The third-order valence-electron chi connectivity index (χ3n) is 4.05. The Kier molecular flexibility index (Phi) is 5.15. The van der Waals surface area contributed by atoms with Crippen molar-refractivity contribution in [2.24, 2.45) is 5.41 Å². The van der Waals surface area contributed by atoms with E-state index < -0.39 is 11.3 Å². The Morgan fingerprint density at radius 3 is 2.74 bits per heavy atom. The zero-order valence-corrected chi connectivity index (χ0v) is 15.2. The minimum absolute atomic E-state index is 0.0273. The zero-order chi connectivity index (χ0) is 19.4. The van der Waals surface area contributed by atoms with Crippen LogP contribution in [0.1, 0.15) is 30.0 Å². The van der Waals surface area contributed by atoms with Gasteiger partial charge in [0.2, 0.25) is 0 Å². The Bertz CT molecular complexity index is 981. The summed E-state index contributed by atoms with van der Waals surface area (Å²) in [5.74, 6) is 0.200. The maximum absolute atomic E-state index is 12.4. The molecule has 6 nitrogen and oxygen atoms in total. The van der Waals surface area contributed by atoms with Crippen molar-refractivity contribution in [2.45, 2.75) is 13.8 Å². The van der Waals surface area contributed by atoms with Crippen molar-refractivity contribution < 1.29 is 19.1 Å². The number of carbonyl (C=O) groups is 1. The predicted molar refractivity (Wildman–Crippen MR) is 102 cm³/mol. The van der Waals surface area contributed by atoms with E-state index in [2.05, 4.69) is 11.4 Å². The normalized spacial score (nSPS) is 11.2. The van der Waals surface area contributed by atoms with Crippen LogP contribution in [0.4, 0.5) is 5.69 Å². The molecule has 0 aliphatic rings. The largest absolute Gasteiger partial charge is 0.492 e. The summed E-state index contributed by atoms with van der Waals surface area (Å²) < 4.78 is 11.2. The molecule has 0 aliphatic heterocycles. The standard InChI is InChI=1S/C21H20N2O4/c1-21(2,12-24)13-26-17-8-7-16(9-15(17)11-22)23-20(25)19-10-14-5-3-4-6-18(14)27-19/h3-10,24H,12-13H2,1-2H3,(H,23,25). The summed E-state index contributed by atoms with van der Waals surface area (Å²) in [5.41, 5.74) is 0.980. The van der Waals surface area contributed by atoms with Gasteiger partial charge >= 0.3 is 0 Å². The summed E-state index contributed by atoms with van der Waals surface area (Å²) in [6, 6.07) is 15.9. The maximum Gasteiger partial charge on any atom is 0.291 e. The van der Waals surface area contributed by atoms with E-state index in [1.807, 2.05) is 32.0 Å². The van der Waals surface area contributed by atoms with E-state index >= 15 is 0 Å². The van der Waals surface area contributed by atoms with Gasteiger partial charge in [-0.2, -0.15) is 5.26 Å². The number of fused-ring (bicyclic) bond motifs is 1. The van der Waals surface area contributed by atoms with E-state index in [0.29, 0.717) is 22.6 Å². The molecule has 1 aromatic heterocycles. The highest BCUT2D eigenvalue weighted by molar-refractivity contribution is 6.04. The van der Waals surface area contributed by atoms with E-state index in [9.17, 15) is 15.2 Å². The number of para-hydroxylation sites is 1. The Morgan fingerprint density at radius 1 is 1.26 bits per heavy atom. The Labute approximate surface area is 157 Å². The minimum atomic E-state index is -0.416. The highest BCUT2D eigenvalue weighted by atomic mass is 16.5. The number of rotatable bonds is 6. The molecule has 2 aromatic carbocycles. The first kappa shape index (κ1) is 18.5. The highest BCUT2D eigenvalue weighted by Crippen LogP contribution is 2.26. The molecule has 0 radical (unpaired) electrons. The third-order valence-corrected chi connectivity index (χ3v) is 4.05. The smallest absolute Gasteiger partial charge is 0.291 e. The molecule has 6 heteroatoms. The molecule has 2 N–H and O–H groups in total. The topological polar surface area (TPSA) is 95.5 Å². The van der Waals surface area contributed by atoms with Crippen LogP contribution in [0.15, 0.2) is 52.9 Å². The van der Waals surface area contributed by atoms with Crippen molar-refractivity contribution in [2.75, 3.05) is 18.5 Å². The van der Waals surface area contributed by atoms with Gasteiger partial charge in [-0.3, -0.25) is 4.79 Å². The maximum atomic E-state index is 12.4. The minimum Gasteiger partial charge on any atom is -0.492 e. The molecule has 0 spiro atoms. The molecule has 0 bridgehead atoms. The Balaban J connectivity index is 1.75. The number of aliphatic hydroxyl groups is 1. The Morgan fingerprint density at radius 2 is 2.04 bits per heavy atom. The molecule has 138 valence electrons. The number of hydrogen-bond acceptors (Lipinski definition) is 5. The molecule has 0 aliphatic carbocycles. The summed E-state index contributed by atoms with van der Waals surface area (Å²) in [5, 5.41) is 22.2. The van der Waals surface area contributed by atoms with E-state index in [1.54, 1.807) is 30.3 Å². The number of hydrogen-bond donors (Lipinski definition) is 2. The molecule has 3 aromatic rings. The van der Waals surface area contributed by atoms with Crippen LogP contribution in [0.5, 0.6) is 5.75 Å². The summed E-state index contributed by atoms with van der Waals surface area (Å²) >= 11 is 0. The second-order valence-corrected chi connectivity index (χ2v) is 7.04. The lowest BCUT2D eigenvalue weighted by atomic mass is 9.96. The van der Waals surface area contributed by atoms with Gasteiger partial charge in [0.25, 0.3) is 5.91 Å². The van der Waals surface area contributed by atoms with Crippen molar-refractivity contribution in [1.82, 2.24) is 0 Å². The number of benzene rings is 2. The second kappa shape index (κ2) is 7.52. The number of nitrogens with zero attached hydrogens (tertiary/aromatic N) is 1. The number of nitrogens with one attached hydrogen (secondary N) is 1. The van der Waals surface area contributed by atoms with Crippen LogP contribution in [0.25, 0.3) is 11.0 Å². The van der Waals surface area contributed by atoms with Gasteiger partial charge in [-0.05, 0) is 30.3 Å². The third kappa shape index (κ3) is 4.27. The molecular weight excluding hydrogens is 344 g/mol. The average molecular weight is 364 g/mol. The highest BCUT2D eigenvalue weighted by Gasteiger charge is 2.19. The van der Waals surface area contributed by atoms with Crippen molar-refractivity contribution in [3.8, 4) is 11.8 Å². The molecule has 0 fully saturated rings. The van der Waals surface area contributed by atoms with E-state index in [1.165, 1.54) is 0 Å². The monoisotopic (exact) mass is 364 g/mol. The van der Waals surface area contributed by atoms with Gasteiger partial charge in [0.05, 0.1) is 18.8 Å². The number of amides is 1. The first-order valence-electron chi connectivity index (χ1n) is 8.49. The quantitative estimate of drug-likeness (QED) is 0.690. The van der Waals surface area contributed by atoms with Crippen LogP contribution in [0, 0.1) is 16.7 Å². The van der Waals surface area contributed by atoms with Crippen molar-refractivity contribution in [1.29, 1.82) is 5.26 Å². The Hall–Kier alpha value is -3.30. The van der Waals surface area contributed by atoms with Gasteiger partial charge in [0, 0.05) is 16.5 Å². The molecule has 0 saturated heterocycles.